The first-order chi connectivity index (χ1) is 12.2. The third-order valence-corrected chi connectivity index (χ3v) is 3.89. The molecule has 0 unspecified atom stereocenters. The second-order valence-electron chi connectivity index (χ2n) is 6.15. The number of pyridine rings is 1. The fourth-order valence-electron chi connectivity index (χ4n) is 2.55. The highest BCUT2D eigenvalue weighted by atomic mass is 16.5. The van der Waals surface area contributed by atoms with Crippen LogP contribution >= 0.6 is 0 Å². The number of rotatable bonds is 5. The molecule has 4 rings (SSSR count). The molecule has 3 heterocycles. The lowest BCUT2D eigenvalue weighted by Gasteiger charge is -2.04. The Balaban J connectivity index is 1.51. The number of furan rings is 1. The number of para-hydroxylation sites is 1. The summed E-state index contributed by atoms with van der Waals surface area (Å²) >= 11 is 0. The van der Waals surface area contributed by atoms with Crippen molar-refractivity contribution in [2.45, 2.75) is 26.3 Å². The van der Waals surface area contributed by atoms with E-state index >= 15 is 0 Å². The first kappa shape index (κ1) is 15.4. The van der Waals surface area contributed by atoms with Gasteiger partial charge in [-0.2, -0.15) is 4.98 Å². The maximum atomic E-state index is 5.80. The van der Waals surface area contributed by atoms with E-state index in [1.807, 2.05) is 56.3 Å². The smallest absolute Gasteiger partial charge is 0.258 e. The molecule has 0 aliphatic heterocycles. The third kappa shape index (κ3) is 3.24. The summed E-state index contributed by atoms with van der Waals surface area (Å²) in [6, 6.07) is 13.7. The Morgan fingerprint density at radius 3 is 2.80 bits per heavy atom. The van der Waals surface area contributed by atoms with Crippen LogP contribution in [0.4, 0.5) is 5.82 Å². The monoisotopic (exact) mass is 334 g/mol. The first-order valence-corrected chi connectivity index (χ1v) is 8.20. The minimum Gasteiger partial charge on any atom is -0.459 e. The van der Waals surface area contributed by atoms with Crippen molar-refractivity contribution in [3.8, 4) is 11.5 Å². The highest BCUT2D eigenvalue weighted by molar-refractivity contribution is 5.77. The van der Waals surface area contributed by atoms with Crippen LogP contribution in [-0.2, 0) is 6.54 Å². The van der Waals surface area contributed by atoms with Gasteiger partial charge in [0, 0.05) is 23.1 Å². The highest BCUT2D eigenvalue weighted by Gasteiger charge is 2.12. The standard InChI is InChI=1S/C19H18N4O2/c1-12(2)18-22-19(25-23-18)14-7-8-20-17(10-14)21-11-15-9-13-5-3-4-6-16(13)24-15/h3-10,12H,11H2,1-2H3,(H,20,21). The number of nitrogens with zero attached hydrogens (tertiary/aromatic N) is 3. The topological polar surface area (TPSA) is 77.0 Å². The van der Waals surface area contributed by atoms with Crippen LogP contribution in [0.5, 0.6) is 0 Å². The maximum Gasteiger partial charge on any atom is 0.258 e. The fraction of sp³-hybridized carbons (Fsp3) is 0.211. The Kier molecular flexibility index (Phi) is 3.93. The molecule has 25 heavy (non-hydrogen) atoms. The van der Waals surface area contributed by atoms with Gasteiger partial charge in [0.15, 0.2) is 5.82 Å². The van der Waals surface area contributed by atoms with E-state index in [2.05, 4.69) is 20.4 Å². The molecule has 6 heteroatoms. The molecule has 0 fully saturated rings. The molecule has 1 N–H and O–H groups in total. The Morgan fingerprint density at radius 2 is 2.00 bits per heavy atom. The van der Waals surface area contributed by atoms with E-state index in [0.717, 1.165) is 28.1 Å². The lowest BCUT2D eigenvalue weighted by Crippen LogP contribution is -2.00. The van der Waals surface area contributed by atoms with Gasteiger partial charge in [0.05, 0.1) is 6.54 Å². The predicted molar refractivity (Wildman–Crippen MR) is 95.2 cm³/mol. The molecule has 0 aliphatic rings. The summed E-state index contributed by atoms with van der Waals surface area (Å²) in [6.45, 7) is 4.61. The normalized spacial score (nSPS) is 11.3. The molecule has 0 bridgehead atoms. The summed E-state index contributed by atoms with van der Waals surface area (Å²) in [4.78, 5) is 8.75. The van der Waals surface area contributed by atoms with Gasteiger partial charge in [0.2, 0.25) is 0 Å². The predicted octanol–water partition coefficient (Wildman–Crippen LogP) is 4.61. The molecule has 4 aromatic rings. The lowest BCUT2D eigenvalue weighted by atomic mass is 10.2. The van der Waals surface area contributed by atoms with Crippen LogP contribution in [-0.4, -0.2) is 15.1 Å². The molecular weight excluding hydrogens is 316 g/mol. The summed E-state index contributed by atoms with van der Waals surface area (Å²) in [6.07, 6.45) is 1.72. The molecule has 6 nitrogen and oxygen atoms in total. The van der Waals surface area contributed by atoms with Crippen LogP contribution in [0.2, 0.25) is 0 Å². The van der Waals surface area contributed by atoms with E-state index in [1.165, 1.54) is 0 Å². The van der Waals surface area contributed by atoms with Crippen molar-refractivity contribution in [3.63, 3.8) is 0 Å². The second-order valence-corrected chi connectivity index (χ2v) is 6.15. The largest absolute Gasteiger partial charge is 0.459 e. The molecule has 0 saturated heterocycles. The summed E-state index contributed by atoms with van der Waals surface area (Å²) in [7, 11) is 0. The lowest BCUT2D eigenvalue weighted by molar-refractivity contribution is 0.419. The number of aromatic nitrogens is 3. The number of nitrogens with one attached hydrogen (secondary N) is 1. The number of fused-ring (bicyclic) bond motifs is 1. The van der Waals surface area contributed by atoms with Gasteiger partial charge >= 0.3 is 0 Å². The zero-order valence-corrected chi connectivity index (χ0v) is 14.1. The van der Waals surface area contributed by atoms with Crippen molar-refractivity contribution in [2.75, 3.05) is 5.32 Å². The minimum atomic E-state index is 0.227. The van der Waals surface area contributed by atoms with Gasteiger partial charge < -0.3 is 14.3 Å². The summed E-state index contributed by atoms with van der Waals surface area (Å²) < 4.78 is 11.1. The van der Waals surface area contributed by atoms with Crippen molar-refractivity contribution in [2.24, 2.45) is 0 Å². The fourth-order valence-corrected chi connectivity index (χ4v) is 2.55. The van der Waals surface area contributed by atoms with Crippen LogP contribution in [0.3, 0.4) is 0 Å². The van der Waals surface area contributed by atoms with Gasteiger partial charge in [0.25, 0.3) is 5.89 Å². The van der Waals surface area contributed by atoms with E-state index in [4.69, 9.17) is 8.94 Å². The molecule has 0 atom stereocenters. The summed E-state index contributed by atoms with van der Waals surface area (Å²) in [5.74, 6) is 3.00. The Hall–Kier alpha value is -3.15. The van der Waals surface area contributed by atoms with E-state index in [9.17, 15) is 0 Å². The quantitative estimate of drug-likeness (QED) is 0.574. The van der Waals surface area contributed by atoms with Gasteiger partial charge in [0.1, 0.15) is 17.2 Å². The zero-order valence-electron chi connectivity index (χ0n) is 14.1. The SMILES string of the molecule is CC(C)c1noc(-c2ccnc(NCc3cc4ccccc4o3)c2)n1. The van der Waals surface area contributed by atoms with Gasteiger partial charge in [-0.15, -0.1) is 0 Å². The van der Waals surface area contributed by atoms with Crippen LogP contribution in [0.25, 0.3) is 22.4 Å². The molecular formula is C19H18N4O2. The van der Waals surface area contributed by atoms with Gasteiger partial charge in [-0.1, -0.05) is 37.2 Å². The average Bonchev–Trinajstić information content (AvgIpc) is 3.27. The van der Waals surface area contributed by atoms with Crippen LogP contribution in [0.15, 0.2) is 57.6 Å². The van der Waals surface area contributed by atoms with Gasteiger partial charge in [-0.05, 0) is 24.3 Å². The molecule has 126 valence electrons. The third-order valence-electron chi connectivity index (χ3n) is 3.89. The number of benzene rings is 1. The van der Waals surface area contributed by atoms with Crippen molar-refractivity contribution in [3.05, 3.63) is 60.2 Å². The minimum absolute atomic E-state index is 0.227. The molecule has 0 aliphatic carbocycles. The molecule has 1 aromatic carbocycles. The van der Waals surface area contributed by atoms with E-state index in [0.29, 0.717) is 18.3 Å². The number of hydrogen-bond acceptors (Lipinski definition) is 6. The average molecular weight is 334 g/mol. The van der Waals surface area contributed by atoms with Crippen molar-refractivity contribution < 1.29 is 8.94 Å². The highest BCUT2D eigenvalue weighted by Crippen LogP contribution is 2.23. The second kappa shape index (κ2) is 6.39. The Labute approximate surface area is 144 Å². The van der Waals surface area contributed by atoms with E-state index < -0.39 is 0 Å². The zero-order chi connectivity index (χ0) is 17.2. The van der Waals surface area contributed by atoms with E-state index in [-0.39, 0.29) is 5.92 Å². The molecule has 0 radical (unpaired) electrons. The molecule has 0 amide bonds. The van der Waals surface area contributed by atoms with Crippen molar-refractivity contribution in [1.29, 1.82) is 0 Å². The van der Waals surface area contributed by atoms with Crippen LogP contribution in [0, 0.1) is 0 Å². The Bertz CT molecular complexity index is 970. The molecule has 0 saturated carbocycles. The Morgan fingerprint density at radius 1 is 1.12 bits per heavy atom. The van der Waals surface area contributed by atoms with Gasteiger partial charge in [-0.25, -0.2) is 4.98 Å². The van der Waals surface area contributed by atoms with Crippen molar-refractivity contribution in [1.82, 2.24) is 15.1 Å². The first-order valence-electron chi connectivity index (χ1n) is 8.20. The van der Waals surface area contributed by atoms with Crippen molar-refractivity contribution >= 4 is 16.8 Å². The van der Waals surface area contributed by atoms with Crippen LogP contribution < -0.4 is 5.32 Å². The van der Waals surface area contributed by atoms with Gasteiger partial charge in [-0.3, -0.25) is 0 Å². The van der Waals surface area contributed by atoms with Crippen LogP contribution in [0.1, 0.15) is 31.4 Å². The number of hydrogen-bond donors (Lipinski definition) is 1. The number of anilines is 1. The maximum absolute atomic E-state index is 5.80. The molecule has 3 aromatic heterocycles. The summed E-state index contributed by atoms with van der Waals surface area (Å²) in [5, 5.41) is 8.36. The summed E-state index contributed by atoms with van der Waals surface area (Å²) in [5.41, 5.74) is 1.72. The molecule has 0 spiro atoms. The van der Waals surface area contributed by atoms with E-state index in [1.54, 1.807) is 6.20 Å².